The number of hydrogen-bond acceptors (Lipinski definition) is 2. The minimum Gasteiger partial charge on any atom is -0.398 e. The molecule has 0 saturated heterocycles. The van der Waals surface area contributed by atoms with Gasteiger partial charge in [0.1, 0.15) is 5.65 Å². The molecule has 3 aromatic rings. The SMILES string of the molecule is Nc1ccc2nc3c(n2c1)Cc1ccc(Br)cc1-3. The van der Waals surface area contributed by atoms with Crippen LogP contribution < -0.4 is 5.73 Å². The molecule has 0 spiro atoms. The van der Waals surface area contributed by atoms with E-state index in [1.807, 2.05) is 18.3 Å². The highest BCUT2D eigenvalue weighted by Gasteiger charge is 2.24. The Bertz CT molecular complexity index is 789. The molecule has 0 atom stereocenters. The zero-order valence-electron chi connectivity index (χ0n) is 9.52. The number of pyridine rings is 1. The minimum absolute atomic E-state index is 0.764. The number of aromatic nitrogens is 2. The maximum absolute atomic E-state index is 5.85. The van der Waals surface area contributed by atoms with E-state index in [0.717, 1.165) is 27.9 Å². The van der Waals surface area contributed by atoms with Crippen LogP contribution in [0.25, 0.3) is 16.9 Å². The Kier molecular flexibility index (Phi) is 1.89. The summed E-state index contributed by atoms with van der Waals surface area (Å²) in [5, 5.41) is 0. The number of hydrogen-bond donors (Lipinski definition) is 1. The Labute approximate surface area is 112 Å². The van der Waals surface area contributed by atoms with Gasteiger partial charge >= 0.3 is 0 Å². The van der Waals surface area contributed by atoms with E-state index in [1.54, 1.807) is 0 Å². The molecule has 4 heteroatoms. The standard InChI is InChI=1S/C14H10BrN3/c15-9-2-1-8-5-12-14(11(8)6-9)17-13-4-3-10(16)7-18(12)13/h1-4,6-7H,5,16H2. The largest absolute Gasteiger partial charge is 0.398 e. The Morgan fingerprint density at radius 3 is 3.00 bits per heavy atom. The second kappa shape index (κ2) is 3.36. The molecule has 18 heavy (non-hydrogen) atoms. The van der Waals surface area contributed by atoms with Crippen LogP contribution in [-0.4, -0.2) is 9.38 Å². The molecule has 0 saturated carbocycles. The predicted molar refractivity (Wildman–Crippen MR) is 75.5 cm³/mol. The number of nitrogens with zero attached hydrogens (tertiary/aromatic N) is 2. The predicted octanol–water partition coefficient (Wildman–Crippen LogP) is 3.25. The molecule has 0 fully saturated rings. The van der Waals surface area contributed by atoms with E-state index in [9.17, 15) is 0 Å². The normalized spacial score (nSPS) is 12.7. The van der Waals surface area contributed by atoms with Crippen LogP contribution in [0.4, 0.5) is 5.69 Å². The molecule has 0 bridgehead atoms. The first-order valence-corrected chi connectivity index (χ1v) is 6.57. The van der Waals surface area contributed by atoms with Gasteiger partial charge in [-0.15, -0.1) is 0 Å². The van der Waals surface area contributed by atoms with E-state index in [4.69, 9.17) is 10.7 Å². The van der Waals surface area contributed by atoms with Crippen LogP contribution in [0.2, 0.25) is 0 Å². The third kappa shape index (κ3) is 1.26. The molecular weight excluding hydrogens is 290 g/mol. The van der Waals surface area contributed by atoms with Gasteiger partial charge in [-0.25, -0.2) is 4.98 Å². The van der Waals surface area contributed by atoms with Crippen molar-refractivity contribution in [2.24, 2.45) is 0 Å². The maximum atomic E-state index is 5.85. The third-order valence-electron chi connectivity index (χ3n) is 3.43. The molecule has 0 amide bonds. The van der Waals surface area contributed by atoms with Crippen molar-refractivity contribution in [1.29, 1.82) is 0 Å². The molecule has 3 nitrogen and oxygen atoms in total. The summed E-state index contributed by atoms with van der Waals surface area (Å²) >= 11 is 3.52. The van der Waals surface area contributed by atoms with Gasteiger partial charge in [0.25, 0.3) is 0 Å². The van der Waals surface area contributed by atoms with Crippen molar-refractivity contribution >= 4 is 27.3 Å². The van der Waals surface area contributed by atoms with Gasteiger partial charge in [0, 0.05) is 28.3 Å². The zero-order valence-corrected chi connectivity index (χ0v) is 11.1. The lowest BCUT2D eigenvalue weighted by molar-refractivity contribution is 1.05. The minimum atomic E-state index is 0.764. The number of anilines is 1. The Balaban J connectivity index is 2.06. The van der Waals surface area contributed by atoms with Gasteiger partial charge in [0.2, 0.25) is 0 Å². The van der Waals surface area contributed by atoms with Crippen LogP contribution in [-0.2, 0) is 6.42 Å². The van der Waals surface area contributed by atoms with E-state index in [-0.39, 0.29) is 0 Å². The number of halogens is 1. The summed E-state index contributed by atoms with van der Waals surface area (Å²) in [5.41, 5.74) is 12.4. The lowest BCUT2D eigenvalue weighted by Crippen LogP contribution is -1.94. The van der Waals surface area contributed by atoms with E-state index >= 15 is 0 Å². The van der Waals surface area contributed by atoms with E-state index in [2.05, 4.69) is 38.5 Å². The van der Waals surface area contributed by atoms with Crippen molar-refractivity contribution in [3.05, 3.63) is 52.3 Å². The average Bonchev–Trinajstić information content (AvgIpc) is 2.86. The quantitative estimate of drug-likeness (QED) is 0.542. The second-order valence-electron chi connectivity index (χ2n) is 4.58. The summed E-state index contributed by atoms with van der Waals surface area (Å²) in [7, 11) is 0. The van der Waals surface area contributed by atoms with Crippen molar-refractivity contribution in [3.8, 4) is 11.3 Å². The van der Waals surface area contributed by atoms with Crippen LogP contribution in [0.1, 0.15) is 11.3 Å². The average molecular weight is 300 g/mol. The Morgan fingerprint density at radius 2 is 2.11 bits per heavy atom. The number of benzene rings is 1. The zero-order chi connectivity index (χ0) is 12.3. The maximum Gasteiger partial charge on any atom is 0.137 e. The van der Waals surface area contributed by atoms with Gasteiger partial charge in [-0.1, -0.05) is 22.0 Å². The summed E-state index contributed by atoms with van der Waals surface area (Å²) < 4.78 is 3.18. The lowest BCUT2D eigenvalue weighted by Gasteiger charge is -2.01. The highest BCUT2D eigenvalue weighted by atomic mass is 79.9. The highest BCUT2D eigenvalue weighted by molar-refractivity contribution is 9.10. The van der Waals surface area contributed by atoms with Gasteiger partial charge in [-0.3, -0.25) is 0 Å². The molecule has 2 aromatic heterocycles. The van der Waals surface area contributed by atoms with Gasteiger partial charge < -0.3 is 10.1 Å². The van der Waals surface area contributed by atoms with Crippen LogP contribution in [0.15, 0.2) is 41.0 Å². The van der Waals surface area contributed by atoms with Crippen molar-refractivity contribution < 1.29 is 0 Å². The van der Waals surface area contributed by atoms with Crippen LogP contribution in [0.3, 0.4) is 0 Å². The first-order chi connectivity index (χ1) is 8.72. The molecule has 2 N–H and O–H groups in total. The smallest absolute Gasteiger partial charge is 0.137 e. The summed E-state index contributed by atoms with van der Waals surface area (Å²) in [6.45, 7) is 0. The summed E-state index contributed by atoms with van der Waals surface area (Å²) in [6, 6.07) is 10.2. The topological polar surface area (TPSA) is 43.3 Å². The molecule has 1 aromatic carbocycles. The molecule has 2 heterocycles. The van der Waals surface area contributed by atoms with Crippen molar-refractivity contribution in [2.75, 3.05) is 5.73 Å². The third-order valence-corrected chi connectivity index (χ3v) is 3.92. The number of rotatable bonds is 0. The molecular formula is C14H10BrN3. The summed E-state index contributed by atoms with van der Waals surface area (Å²) in [4.78, 5) is 4.70. The molecule has 0 radical (unpaired) electrons. The van der Waals surface area contributed by atoms with Crippen molar-refractivity contribution in [1.82, 2.24) is 9.38 Å². The molecule has 1 aliphatic carbocycles. The monoisotopic (exact) mass is 299 g/mol. The van der Waals surface area contributed by atoms with Gasteiger partial charge in [0.05, 0.1) is 11.4 Å². The number of imidazole rings is 1. The van der Waals surface area contributed by atoms with Gasteiger partial charge in [0.15, 0.2) is 0 Å². The van der Waals surface area contributed by atoms with E-state index in [0.29, 0.717) is 0 Å². The fourth-order valence-corrected chi connectivity index (χ4v) is 2.96. The van der Waals surface area contributed by atoms with Crippen molar-refractivity contribution in [2.45, 2.75) is 6.42 Å². The van der Waals surface area contributed by atoms with Crippen LogP contribution in [0, 0.1) is 0 Å². The molecule has 4 rings (SSSR count). The molecule has 0 aliphatic heterocycles. The first kappa shape index (κ1) is 10.1. The Morgan fingerprint density at radius 1 is 1.22 bits per heavy atom. The lowest BCUT2D eigenvalue weighted by atomic mass is 10.1. The van der Waals surface area contributed by atoms with E-state index < -0.39 is 0 Å². The molecule has 0 unspecified atom stereocenters. The Hall–Kier alpha value is -1.81. The number of nitrogen functional groups attached to an aromatic ring is 1. The second-order valence-corrected chi connectivity index (χ2v) is 5.49. The summed E-state index contributed by atoms with van der Waals surface area (Å²) in [5.74, 6) is 0. The number of nitrogens with two attached hydrogens (primary N) is 1. The number of fused-ring (bicyclic) bond motifs is 5. The van der Waals surface area contributed by atoms with Crippen LogP contribution in [0.5, 0.6) is 0 Å². The van der Waals surface area contributed by atoms with E-state index in [1.165, 1.54) is 16.8 Å². The highest BCUT2D eigenvalue weighted by Crippen LogP contribution is 2.38. The fraction of sp³-hybridized carbons (Fsp3) is 0.0714. The van der Waals surface area contributed by atoms with Gasteiger partial charge in [-0.05, 0) is 29.8 Å². The molecule has 88 valence electrons. The van der Waals surface area contributed by atoms with Gasteiger partial charge in [-0.2, -0.15) is 0 Å². The van der Waals surface area contributed by atoms with Crippen molar-refractivity contribution in [3.63, 3.8) is 0 Å². The first-order valence-electron chi connectivity index (χ1n) is 5.77. The van der Waals surface area contributed by atoms with Crippen LogP contribution >= 0.6 is 15.9 Å². The molecule has 1 aliphatic rings. The summed E-state index contributed by atoms with van der Waals surface area (Å²) in [6.07, 6.45) is 2.87. The fourth-order valence-electron chi connectivity index (χ4n) is 2.60.